The minimum atomic E-state index is -0.751. The molecule has 8 heterocycles. The molecule has 0 aliphatic carbocycles. The zero-order chi connectivity index (χ0) is 83.6. The van der Waals surface area contributed by atoms with E-state index in [1.54, 1.807) is 148 Å². The first-order valence-electron chi connectivity index (χ1n) is 36.5. The molecule has 8 amide bonds. The Morgan fingerprint density at radius 2 is 0.664 bits per heavy atom. The number of aromatic hydroxyl groups is 1. The average molecular weight is 1600 g/mol. The van der Waals surface area contributed by atoms with Crippen molar-refractivity contribution in [2.45, 2.75) is 24.2 Å². The van der Waals surface area contributed by atoms with E-state index in [1.807, 2.05) is 110 Å². The van der Waals surface area contributed by atoms with Gasteiger partial charge in [0.05, 0.1) is 99.2 Å². The molecule has 9 N–H and O–H groups in total. The van der Waals surface area contributed by atoms with Gasteiger partial charge in [0.15, 0.2) is 46.1 Å². The number of imidazole rings is 4. The molecule has 0 saturated carbocycles. The fourth-order valence-corrected chi connectivity index (χ4v) is 13.3. The minimum absolute atomic E-state index is 0.0664. The van der Waals surface area contributed by atoms with E-state index in [2.05, 4.69) is 62.5 Å². The van der Waals surface area contributed by atoms with Crippen molar-refractivity contribution in [3.63, 3.8) is 0 Å². The van der Waals surface area contributed by atoms with Crippen LogP contribution in [0.5, 0.6) is 46.0 Å². The quantitative estimate of drug-likeness (QED) is 0.0269. The molecule has 12 aromatic rings. The molecule has 32 heteroatoms. The largest absolute Gasteiger partial charge is 0.508 e. The summed E-state index contributed by atoms with van der Waals surface area (Å²) in [6, 6.07) is 44.8. The molecule has 32 nitrogen and oxygen atoms in total. The summed E-state index contributed by atoms with van der Waals surface area (Å²) in [5, 5.41) is 31.1. The summed E-state index contributed by atoms with van der Waals surface area (Å²) >= 11 is 0. The molecule has 0 fully saturated rings. The van der Waals surface area contributed by atoms with Crippen molar-refractivity contribution >= 4 is 47.3 Å². The lowest BCUT2D eigenvalue weighted by Gasteiger charge is -2.28. The van der Waals surface area contributed by atoms with E-state index >= 15 is 0 Å². The third-order valence-corrected chi connectivity index (χ3v) is 19.3. The van der Waals surface area contributed by atoms with E-state index in [1.165, 1.54) is 79.6 Å². The second-order valence-corrected chi connectivity index (χ2v) is 26.2. The summed E-state index contributed by atoms with van der Waals surface area (Å²) in [6.45, 7) is 0. The molecule has 16 rings (SSSR count). The SMILES string of the molecule is COc1cc(OC)c(C2NC(=O)NC=C2C(=O)c2ccc(-n3ccnc3)cc2)cc1OC.COc1ccc(C2NC(=O)NC=C2C(=O)c2ccc(-n3ccnc3)cc2)c(OC)c1OC.COc1cccc(C2NC(=O)NC=C2C(=O)c2ccc(-n3ccnc3)cc2)c1.O=C1NC=C(C(=O)c2ccc(-n3ccnc3)cc2)C(c2cccc(O)c2)N1. The van der Waals surface area contributed by atoms with Crippen LogP contribution in [0.3, 0.4) is 0 Å². The van der Waals surface area contributed by atoms with E-state index in [0.717, 1.165) is 28.3 Å². The fraction of sp³-hybridized carbons (Fsp3) is 0.126. The highest BCUT2D eigenvalue weighted by molar-refractivity contribution is 6.13. The summed E-state index contributed by atoms with van der Waals surface area (Å²) in [5.41, 5.74) is 9.57. The van der Waals surface area contributed by atoms with Crippen molar-refractivity contribution in [2.75, 3.05) is 49.8 Å². The van der Waals surface area contributed by atoms with Gasteiger partial charge >= 0.3 is 24.1 Å². The van der Waals surface area contributed by atoms with E-state index in [4.69, 9.17) is 33.2 Å². The molecule has 602 valence electrons. The number of Topliss-reactive ketones (excluding diaryl/α,β-unsaturated/α-hetero) is 4. The van der Waals surface area contributed by atoms with Gasteiger partial charge in [-0.1, -0.05) is 24.3 Å². The number of phenols is 1. The molecular formula is C87H78N16O16. The average Bonchev–Trinajstić information content (AvgIpc) is 1.45. The Hall–Kier alpha value is -16.3. The number of carbonyl (C=O) groups is 8. The Morgan fingerprint density at radius 1 is 0.328 bits per heavy atom. The molecule has 0 radical (unpaired) electrons. The van der Waals surface area contributed by atoms with Crippen molar-refractivity contribution in [1.29, 1.82) is 0 Å². The molecule has 4 unspecified atom stereocenters. The molecule has 0 saturated heterocycles. The highest BCUT2D eigenvalue weighted by Crippen LogP contribution is 2.45. The maximum atomic E-state index is 13.4. The number of urea groups is 4. The van der Waals surface area contributed by atoms with Crippen molar-refractivity contribution in [3.05, 3.63) is 336 Å². The smallest absolute Gasteiger partial charge is 0.319 e. The van der Waals surface area contributed by atoms with Crippen LogP contribution in [-0.4, -0.2) is 140 Å². The third-order valence-electron chi connectivity index (χ3n) is 19.3. The summed E-state index contributed by atoms with van der Waals surface area (Å²) in [7, 11) is 10.6. The number of hydrogen-bond donors (Lipinski definition) is 9. The van der Waals surface area contributed by atoms with Gasteiger partial charge in [-0.2, -0.15) is 0 Å². The molecule has 119 heavy (non-hydrogen) atoms. The molecule has 4 aromatic heterocycles. The summed E-state index contributed by atoms with van der Waals surface area (Å²) in [5.74, 6) is 2.44. The van der Waals surface area contributed by atoms with Crippen LogP contribution >= 0.6 is 0 Å². The zero-order valence-electron chi connectivity index (χ0n) is 64.9. The van der Waals surface area contributed by atoms with Crippen molar-refractivity contribution in [1.82, 2.24) is 80.7 Å². The minimum Gasteiger partial charge on any atom is -0.508 e. The molecular weight excluding hydrogens is 1530 g/mol. The first kappa shape index (κ1) is 80.8. The van der Waals surface area contributed by atoms with Gasteiger partial charge in [0.2, 0.25) is 5.75 Å². The number of aromatic nitrogens is 8. The topological polar surface area (TPSA) is 389 Å². The molecule has 8 aromatic carbocycles. The lowest BCUT2D eigenvalue weighted by atomic mass is 9.91. The number of amides is 8. The lowest BCUT2D eigenvalue weighted by Crippen LogP contribution is -2.42. The van der Waals surface area contributed by atoms with Crippen molar-refractivity contribution in [2.24, 2.45) is 0 Å². The van der Waals surface area contributed by atoms with E-state index < -0.39 is 42.3 Å². The first-order chi connectivity index (χ1) is 57.9. The molecule has 0 bridgehead atoms. The Labute approximate surface area is 680 Å². The number of ether oxygens (including phenoxy) is 7. The van der Waals surface area contributed by atoms with Crippen LogP contribution in [-0.2, 0) is 0 Å². The van der Waals surface area contributed by atoms with Gasteiger partial charge < -0.3 is 99.1 Å². The maximum absolute atomic E-state index is 13.4. The van der Waals surface area contributed by atoms with Gasteiger partial charge in [-0.15, -0.1) is 0 Å². The molecule has 4 aliphatic rings. The van der Waals surface area contributed by atoms with Crippen LogP contribution in [0.2, 0.25) is 0 Å². The maximum Gasteiger partial charge on any atom is 0.319 e. The van der Waals surface area contributed by atoms with Crippen molar-refractivity contribution < 1.29 is 76.6 Å². The first-order valence-corrected chi connectivity index (χ1v) is 36.5. The number of carbonyl (C=O) groups excluding carboxylic acids is 8. The Kier molecular flexibility index (Phi) is 25.2. The number of ketones is 4. The monoisotopic (exact) mass is 1600 g/mol. The van der Waals surface area contributed by atoms with E-state index in [-0.39, 0.29) is 34.9 Å². The number of nitrogens with one attached hydrogen (secondary N) is 8. The highest BCUT2D eigenvalue weighted by atomic mass is 16.5. The molecule has 4 aliphatic heterocycles. The van der Waals surface area contributed by atoms with Gasteiger partial charge in [-0.3, -0.25) is 19.2 Å². The lowest BCUT2D eigenvalue weighted by molar-refractivity contribution is 0.101. The number of phenolic OH excluding ortho intramolecular Hbond substituents is 1. The van der Waals surface area contributed by atoms with Crippen LogP contribution in [0.15, 0.2) is 292 Å². The van der Waals surface area contributed by atoms with Gasteiger partial charge in [-0.05, 0) is 151 Å². The third kappa shape index (κ3) is 18.4. The van der Waals surface area contributed by atoms with Crippen LogP contribution in [0.4, 0.5) is 19.2 Å². The van der Waals surface area contributed by atoms with Crippen molar-refractivity contribution in [3.8, 4) is 68.7 Å². The van der Waals surface area contributed by atoms with Gasteiger partial charge in [-0.25, -0.2) is 39.1 Å². The second-order valence-electron chi connectivity index (χ2n) is 26.2. The molecule has 4 atom stereocenters. The number of methoxy groups -OCH3 is 7. The Morgan fingerprint density at radius 3 is 1.00 bits per heavy atom. The standard InChI is InChI=1S/2C23H22N4O5.C21H18N4O3.C20H16N4O3/c1-30-18-11-20(32-3)19(31-2)10-16(18)21-17(12-25-23(29)26-21)22(28)14-4-6-15(7-5-14)27-9-8-24-13-27;1-30-18-9-8-16(21(31-2)22(18)32-3)19-17(12-25-23(29)26-19)20(28)14-4-6-15(7-5-14)27-11-10-24-13-27;1-28-17-4-2-3-15(11-17)19-18(12-23-21(27)24-19)20(26)14-5-7-16(8-6-14)25-10-9-22-13-25;25-16-3-1-2-14(10-16)18-17(11-22-20(27)23-18)19(26)13-4-6-15(7-5-13)24-9-8-21-12-24/h4-13,21H,1-3H3,(H2,25,26,29);4-13,19H,1-3H3,(H2,25,26,29);2-13,19H,1H3,(H2,23,24,27);1-12,18,25H,(H2,22,23,27). The number of nitrogens with zero attached hydrogens (tertiary/aromatic N) is 8. The Balaban J connectivity index is 0.000000138. The number of rotatable bonds is 23. The van der Waals surface area contributed by atoms with Gasteiger partial charge in [0.1, 0.15) is 17.2 Å². The molecule has 0 spiro atoms. The highest BCUT2D eigenvalue weighted by Gasteiger charge is 2.36. The van der Waals surface area contributed by atoms with Gasteiger partial charge in [0.25, 0.3) is 0 Å². The second kappa shape index (κ2) is 37.1. The zero-order valence-corrected chi connectivity index (χ0v) is 64.9. The summed E-state index contributed by atoms with van der Waals surface area (Å²) in [6.07, 6.45) is 26.5. The van der Waals surface area contributed by atoms with Crippen LogP contribution < -0.4 is 75.7 Å². The number of benzene rings is 8. The fourth-order valence-electron chi connectivity index (χ4n) is 13.3. The van der Waals surface area contributed by atoms with Crippen LogP contribution in [0.1, 0.15) is 87.9 Å². The summed E-state index contributed by atoms with van der Waals surface area (Å²) in [4.78, 5) is 117. The number of hydrogen-bond acceptors (Lipinski definition) is 20. The van der Waals surface area contributed by atoms with E-state index in [9.17, 15) is 43.5 Å². The Bertz CT molecular complexity index is 5700. The predicted molar refractivity (Wildman–Crippen MR) is 435 cm³/mol. The summed E-state index contributed by atoms with van der Waals surface area (Å²) < 4.78 is 45.2. The van der Waals surface area contributed by atoms with E-state index in [0.29, 0.717) is 101 Å². The van der Waals surface area contributed by atoms with Crippen LogP contribution in [0, 0.1) is 0 Å². The predicted octanol–water partition coefficient (Wildman–Crippen LogP) is 11.7. The van der Waals surface area contributed by atoms with Crippen LogP contribution in [0.25, 0.3) is 22.7 Å². The van der Waals surface area contributed by atoms with Gasteiger partial charge in [0, 0.05) is 159 Å². The normalized spacial score (nSPS) is 15.7.